The van der Waals surface area contributed by atoms with Gasteiger partial charge in [0.2, 0.25) is 5.96 Å². The second kappa shape index (κ2) is 7.43. The highest BCUT2D eigenvalue weighted by Crippen LogP contribution is 2.01. The van der Waals surface area contributed by atoms with Crippen molar-refractivity contribution in [1.82, 2.24) is 15.2 Å². The molecule has 1 aliphatic heterocycles. The predicted molar refractivity (Wildman–Crippen MR) is 65.0 cm³/mol. The number of nitrogens with zero attached hydrogens (tertiary/aromatic N) is 3. The second-order valence-corrected chi connectivity index (χ2v) is 3.90. The van der Waals surface area contributed by atoms with Crippen molar-refractivity contribution in [2.75, 3.05) is 45.9 Å². The monoisotopic (exact) mass is 229 g/mol. The lowest BCUT2D eigenvalue weighted by atomic mass is 10.3. The molecule has 0 bridgehead atoms. The first-order chi connectivity index (χ1) is 7.81. The molecule has 0 aromatic rings. The molecule has 16 heavy (non-hydrogen) atoms. The third kappa shape index (κ3) is 3.96. The molecule has 1 fully saturated rings. The maximum atomic E-state index is 8.84. The van der Waals surface area contributed by atoms with Gasteiger partial charge in [-0.05, 0) is 6.42 Å². The van der Waals surface area contributed by atoms with E-state index in [-0.39, 0.29) is 6.61 Å². The number of β-amino-alcohol motifs (C(OH)–C–C–N with tert-alkyl or cyclic N) is 1. The van der Waals surface area contributed by atoms with E-state index in [9.17, 15) is 0 Å². The summed E-state index contributed by atoms with van der Waals surface area (Å²) in [5.41, 5.74) is 2.66. The molecule has 0 radical (unpaired) electrons. The number of nitrogens with two attached hydrogens (primary N) is 1. The van der Waals surface area contributed by atoms with Gasteiger partial charge in [-0.1, -0.05) is 6.92 Å². The molecule has 0 atom stereocenters. The second-order valence-electron chi connectivity index (χ2n) is 3.90. The number of aliphatic hydroxyl groups is 1. The Labute approximate surface area is 97.1 Å². The van der Waals surface area contributed by atoms with Crippen molar-refractivity contribution in [2.45, 2.75) is 13.3 Å². The van der Waals surface area contributed by atoms with Crippen LogP contribution in [0, 0.1) is 0 Å². The minimum atomic E-state index is 0.228. The van der Waals surface area contributed by atoms with Crippen LogP contribution in [-0.2, 0) is 0 Å². The Bertz CT molecular complexity index is 213. The van der Waals surface area contributed by atoms with Crippen molar-refractivity contribution in [3.05, 3.63) is 0 Å². The Hall–Kier alpha value is -0.850. The SMILES string of the molecule is CCCN=C(NN)N1CCN(CCO)CC1. The molecule has 6 nitrogen and oxygen atoms in total. The molecule has 0 aromatic carbocycles. The van der Waals surface area contributed by atoms with Gasteiger partial charge in [-0.3, -0.25) is 15.3 Å². The summed E-state index contributed by atoms with van der Waals surface area (Å²) >= 11 is 0. The summed E-state index contributed by atoms with van der Waals surface area (Å²) in [6.45, 7) is 7.60. The van der Waals surface area contributed by atoms with Gasteiger partial charge in [-0.15, -0.1) is 0 Å². The fraction of sp³-hybridized carbons (Fsp3) is 0.900. The van der Waals surface area contributed by atoms with Crippen LogP contribution < -0.4 is 11.3 Å². The number of piperazine rings is 1. The summed E-state index contributed by atoms with van der Waals surface area (Å²) in [6.07, 6.45) is 1.02. The summed E-state index contributed by atoms with van der Waals surface area (Å²) in [7, 11) is 0. The minimum Gasteiger partial charge on any atom is -0.395 e. The van der Waals surface area contributed by atoms with Crippen LogP contribution in [0.1, 0.15) is 13.3 Å². The fourth-order valence-corrected chi connectivity index (χ4v) is 1.78. The van der Waals surface area contributed by atoms with Crippen LogP contribution in [0.25, 0.3) is 0 Å². The average Bonchev–Trinajstić information content (AvgIpc) is 2.32. The van der Waals surface area contributed by atoms with Crippen LogP contribution in [0.2, 0.25) is 0 Å². The number of aliphatic hydroxyl groups excluding tert-OH is 1. The Morgan fingerprint density at radius 1 is 1.38 bits per heavy atom. The topological polar surface area (TPSA) is 77.1 Å². The van der Waals surface area contributed by atoms with Crippen molar-refractivity contribution in [3.8, 4) is 0 Å². The van der Waals surface area contributed by atoms with Gasteiger partial charge in [0.15, 0.2) is 0 Å². The van der Waals surface area contributed by atoms with Crippen LogP contribution in [-0.4, -0.2) is 66.7 Å². The number of aliphatic imine (C=N–C) groups is 1. The van der Waals surface area contributed by atoms with E-state index in [2.05, 4.69) is 27.1 Å². The number of guanidine groups is 1. The van der Waals surface area contributed by atoms with Gasteiger partial charge in [0.1, 0.15) is 0 Å². The Kier molecular flexibility index (Phi) is 6.14. The van der Waals surface area contributed by atoms with Gasteiger partial charge in [0.25, 0.3) is 0 Å². The molecular weight excluding hydrogens is 206 g/mol. The van der Waals surface area contributed by atoms with Gasteiger partial charge in [0, 0.05) is 39.3 Å². The number of hydrazine groups is 1. The predicted octanol–water partition coefficient (Wildman–Crippen LogP) is -1.17. The highest BCUT2D eigenvalue weighted by molar-refractivity contribution is 5.79. The van der Waals surface area contributed by atoms with E-state index in [0.717, 1.165) is 51.6 Å². The van der Waals surface area contributed by atoms with E-state index < -0.39 is 0 Å². The first-order valence-corrected chi connectivity index (χ1v) is 5.91. The molecule has 4 N–H and O–H groups in total. The molecule has 1 saturated heterocycles. The van der Waals surface area contributed by atoms with E-state index in [1.54, 1.807) is 0 Å². The number of hydrogen-bond donors (Lipinski definition) is 3. The van der Waals surface area contributed by atoms with Gasteiger partial charge >= 0.3 is 0 Å². The van der Waals surface area contributed by atoms with Crippen LogP contribution in [0.3, 0.4) is 0 Å². The number of nitrogens with one attached hydrogen (secondary N) is 1. The van der Waals surface area contributed by atoms with E-state index in [4.69, 9.17) is 10.9 Å². The zero-order valence-corrected chi connectivity index (χ0v) is 10.0. The highest BCUT2D eigenvalue weighted by Gasteiger charge is 2.18. The van der Waals surface area contributed by atoms with E-state index >= 15 is 0 Å². The zero-order valence-electron chi connectivity index (χ0n) is 10.0. The van der Waals surface area contributed by atoms with Crippen molar-refractivity contribution < 1.29 is 5.11 Å². The van der Waals surface area contributed by atoms with Crippen molar-refractivity contribution in [1.29, 1.82) is 0 Å². The van der Waals surface area contributed by atoms with Crippen LogP contribution in [0.15, 0.2) is 4.99 Å². The maximum Gasteiger partial charge on any atom is 0.208 e. The Morgan fingerprint density at radius 2 is 2.06 bits per heavy atom. The molecule has 0 spiro atoms. The first kappa shape index (κ1) is 13.2. The average molecular weight is 229 g/mol. The highest BCUT2D eigenvalue weighted by atomic mass is 16.3. The smallest absolute Gasteiger partial charge is 0.208 e. The quantitative estimate of drug-likeness (QED) is 0.245. The normalized spacial score (nSPS) is 18.9. The lowest BCUT2D eigenvalue weighted by Gasteiger charge is -2.35. The van der Waals surface area contributed by atoms with Gasteiger partial charge in [0.05, 0.1) is 6.61 Å². The lowest BCUT2D eigenvalue weighted by Crippen LogP contribution is -2.54. The lowest BCUT2D eigenvalue weighted by molar-refractivity contribution is 0.145. The number of hydrogen-bond acceptors (Lipinski definition) is 4. The molecule has 1 aliphatic rings. The summed E-state index contributed by atoms with van der Waals surface area (Å²) in [4.78, 5) is 8.79. The van der Waals surface area contributed by atoms with E-state index in [1.165, 1.54) is 0 Å². The Morgan fingerprint density at radius 3 is 2.56 bits per heavy atom. The molecule has 94 valence electrons. The molecule has 0 unspecified atom stereocenters. The fourth-order valence-electron chi connectivity index (χ4n) is 1.78. The third-order valence-electron chi connectivity index (χ3n) is 2.70. The summed E-state index contributed by atoms with van der Waals surface area (Å²) in [5.74, 6) is 6.24. The third-order valence-corrected chi connectivity index (χ3v) is 2.70. The van der Waals surface area contributed by atoms with Gasteiger partial charge in [-0.2, -0.15) is 0 Å². The summed E-state index contributed by atoms with van der Waals surface area (Å²) in [5, 5.41) is 8.84. The molecule has 0 amide bonds. The summed E-state index contributed by atoms with van der Waals surface area (Å²) in [6, 6.07) is 0. The van der Waals surface area contributed by atoms with Crippen molar-refractivity contribution in [3.63, 3.8) is 0 Å². The maximum absolute atomic E-state index is 8.84. The summed E-state index contributed by atoms with van der Waals surface area (Å²) < 4.78 is 0. The standard InChI is InChI=1S/C10H23N5O/c1-2-3-12-10(13-11)15-6-4-14(5-7-15)8-9-16/h16H,2-9,11H2,1H3,(H,12,13). The van der Waals surface area contributed by atoms with Crippen molar-refractivity contribution >= 4 is 5.96 Å². The molecule has 0 aliphatic carbocycles. The van der Waals surface area contributed by atoms with Gasteiger partial charge < -0.3 is 10.0 Å². The van der Waals surface area contributed by atoms with E-state index in [1.807, 2.05) is 0 Å². The molecule has 6 heteroatoms. The largest absolute Gasteiger partial charge is 0.395 e. The van der Waals surface area contributed by atoms with Crippen molar-refractivity contribution in [2.24, 2.45) is 10.8 Å². The molecule has 0 saturated carbocycles. The molecule has 1 rings (SSSR count). The molecule has 0 aromatic heterocycles. The zero-order chi connectivity index (χ0) is 11.8. The Balaban J connectivity index is 2.38. The van der Waals surface area contributed by atoms with Gasteiger partial charge in [-0.25, -0.2) is 5.84 Å². The molecular formula is C10H23N5O. The van der Waals surface area contributed by atoms with Crippen LogP contribution in [0.5, 0.6) is 0 Å². The van der Waals surface area contributed by atoms with Crippen LogP contribution >= 0.6 is 0 Å². The van der Waals surface area contributed by atoms with Crippen LogP contribution in [0.4, 0.5) is 0 Å². The minimum absolute atomic E-state index is 0.228. The first-order valence-electron chi connectivity index (χ1n) is 5.91. The van der Waals surface area contributed by atoms with E-state index in [0.29, 0.717) is 0 Å². The number of rotatable bonds is 4. The molecule has 1 heterocycles.